The molecule has 0 saturated heterocycles. The number of hydrogen-bond acceptors (Lipinski definition) is 2. The average molecular weight is 319 g/mol. The van der Waals surface area contributed by atoms with E-state index in [1.54, 1.807) is 0 Å². The van der Waals surface area contributed by atoms with Crippen molar-refractivity contribution in [2.24, 2.45) is 0 Å². The van der Waals surface area contributed by atoms with Crippen molar-refractivity contribution in [1.29, 1.82) is 0 Å². The summed E-state index contributed by atoms with van der Waals surface area (Å²) in [5, 5.41) is 10.8. The van der Waals surface area contributed by atoms with Crippen molar-refractivity contribution in [3.8, 4) is 0 Å². The van der Waals surface area contributed by atoms with Crippen molar-refractivity contribution < 1.29 is 14.7 Å². The largest absolute Gasteiger partial charge is 0.480 e. The van der Waals surface area contributed by atoms with E-state index in [2.05, 4.69) is 27.9 Å². The first kappa shape index (κ1) is 12.0. The van der Waals surface area contributed by atoms with E-state index in [4.69, 9.17) is 5.11 Å². The van der Waals surface area contributed by atoms with E-state index in [0.717, 1.165) is 9.13 Å². The minimum Gasteiger partial charge on any atom is -0.480 e. The van der Waals surface area contributed by atoms with E-state index in [1.807, 2.05) is 25.1 Å². The molecule has 4 nitrogen and oxygen atoms in total. The van der Waals surface area contributed by atoms with Gasteiger partial charge in [0.25, 0.3) is 5.91 Å². The summed E-state index contributed by atoms with van der Waals surface area (Å²) in [6, 6.07) is 5.48. The lowest BCUT2D eigenvalue weighted by atomic mass is 10.1. The van der Waals surface area contributed by atoms with Gasteiger partial charge >= 0.3 is 5.97 Å². The van der Waals surface area contributed by atoms with Gasteiger partial charge in [0.1, 0.15) is 6.54 Å². The summed E-state index contributed by atoms with van der Waals surface area (Å²) >= 11 is 2.05. The summed E-state index contributed by atoms with van der Waals surface area (Å²) in [7, 11) is 0. The minimum atomic E-state index is -1.05. The SMILES string of the molecule is Cc1cccc(I)c1C(=O)NCC(=O)O. The van der Waals surface area contributed by atoms with Crippen LogP contribution in [-0.4, -0.2) is 23.5 Å². The summed E-state index contributed by atoms with van der Waals surface area (Å²) in [5.74, 6) is -1.40. The van der Waals surface area contributed by atoms with Gasteiger partial charge in [-0.1, -0.05) is 12.1 Å². The number of hydrogen-bond donors (Lipinski definition) is 2. The number of aliphatic carboxylic acids is 1. The van der Waals surface area contributed by atoms with Crippen molar-refractivity contribution in [3.63, 3.8) is 0 Å². The van der Waals surface area contributed by atoms with E-state index in [9.17, 15) is 9.59 Å². The predicted octanol–water partition coefficient (Wildman–Crippen LogP) is 1.41. The summed E-state index contributed by atoms with van der Waals surface area (Å²) in [6.07, 6.45) is 0. The Balaban J connectivity index is 2.86. The van der Waals surface area contributed by atoms with Gasteiger partial charge in [-0.15, -0.1) is 0 Å². The summed E-state index contributed by atoms with van der Waals surface area (Å²) in [5.41, 5.74) is 1.38. The van der Waals surface area contributed by atoms with Gasteiger partial charge in [-0.2, -0.15) is 0 Å². The molecule has 0 aliphatic carbocycles. The summed E-state index contributed by atoms with van der Waals surface area (Å²) < 4.78 is 0.815. The third kappa shape index (κ3) is 3.19. The number of carboxylic acid groups (broad SMARTS) is 1. The number of carbonyl (C=O) groups is 2. The van der Waals surface area contributed by atoms with Crippen LogP contribution in [-0.2, 0) is 4.79 Å². The molecule has 0 saturated carbocycles. The average Bonchev–Trinajstić information content (AvgIpc) is 2.14. The molecule has 1 aromatic carbocycles. The lowest BCUT2D eigenvalue weighted by molar-refractivity contribution is -0.135. The first-order chi connectivity index (χ1) is 7.02. The van der Waals surface area contributed by atoms with E-state index in [-0.39, 0.29) is 12.5 Å². The molecule has 1 aromatic rings. The normalized spacial score (nSPS) is 9.73. The molecular weight excluding hydrogens is 309 g/mol. The van der Waals surface area contributed by atoms with Gasteiger partial charge in [0, 0.05) is 3.57 Å². The van der Waals surface area contributed by atoms with Crippen LogP contribution in [0.25, 0.3) is 0 Å². The third-order valence-corrected chi connectivity index (χ3v) is 2.75. The van der Waals surface area contributed by atoms with Crippen molar-refractivity contribution in [1.82, 2.24) is 5.32 Å². The van der Waals surface area contributed by atoms with E-state index in [1.165, 1.54) is 0 Å². The smallest absolute Gasteiger partial charge is 0.322 e. The van der Waals surface area contributed by atoms with Crippen LogP contribution in [0.4, 0.5) is 0 Å². The molecule has 0 aromatic heterocycles. The number of carbonyl (C=O) groups excluding carboxylic acids is 1. The molecule has 2 N–H and O–H groups in total. The maximum absolute atomic E-state index is 11.6. The van der Waals surface area contributed by atoms with Gasteiger partial charge in [0.2, 0.25) is 0 Å². The van der Waals surface area contributed by atoms with Crippen LogP contribution in [0.2, 0.25) is 0 Å². The van der Waals surface area contributed by atoms with Crippen LogP contribution in [0.15, 0.2) is 18.2 Å². The number of carboxylic acids is 1. The van der Waals surface area contributed by atoms with Crippen molar-refractivity contribution in [2.45, 2.75) is 6.92 Å². The van der Waals surface area contributed by atoms with Gasteiger partial charge in [-0.3, -0.25) is 9.59 Å². The maximum atomic E-state index is 11.6. The molecule has 0 bridgehead atoms. The second-order valence-electron chi connectivity index (χ2n) is 3.01. The van der Waals surface area contributed by atoms with Crippen LogP contribution in [0.1, 0.15) is 15.9 Å². The molecule has 80 valence electrons. The Morgan fingerprint density at radius 1 is 1.47 bits per heavy atom. The van der Waals surface area contributed by atoms with Crippen LogP contribution < -0.4 is 5.32 Å². The molecule has 15 heavy (non-hydrogen) atoms. The van der Waals surface area contributed by atoms with Gasteiger partial charge in [-0.05, 0) is 41.1 Å². The first-order valence-electron chi connectivity index (χ1n) is 4.27. The number of amides is 1. The molecule has 0 atom stereocenters. The van der Waals surface area contributed by atoms with Crippen LogP contribution in [0.3, 0.4) is 0 Å². The molecular formula is C10H10INO3. The number of nitrogens with one attached hydrogen (secondary N) is 1. The molecule has 1 rings (SSSR count). The highest BCUT2D eigenvalue weighted by atomic mass is 127. The zero-order valence-corrected chi connectivity index (χ0v) is 10.2. The zero-order chi connectivity index (χ0) is 11.4. The molecule has 0 fully saturated rings. The zero-order valence-electron chi connectivity index (χ0n) is 8.08. The number of benzene rings is 1. The standard InChI is InChI=1S/C10H10INO3/c1-6-3-2-4-7(11)9(6)10(15)12-5-8(13)14/h2-4H,5H2,1H3,(H,12,15)(H,13,14). The Labute approximate surface area is 101 Å². The molecule has 5 heteroatoms. The number of rotatable bonds is 3. The van der Waals surface area contributed by atoms with Crippen LogP contribution >= 0.6 is 22.6 Å². The fourth-order valence-electron chi connectivity index (χ4n) is 1.16. The second-order valence-corrected chi connectivity index (χ2v) is 4.17. The molecule has 0 radical (unpaired) electrons. The Morgan fingerprint density at radius 2 is 2.13 bits per heavy atom. The van der Waals surface area contributed by atoms with Crippen molar-refractivity contribution in [2.75, 3.05) is 6.54 Å². The van der Waals surface area contributed by atoms with E-state index >= 15 is 0 Å². The predicted molar refractivity (Wildman–Crippen MR) is 63.9 cm³/mol. The molecule has 0 aliphatic heterocycles. The van der Waals surface area contributed by atoms with Gasteiger partial charge < -0.3 is 10.4 Å². The molecule has 0 unspecified atom stereocenters. The Morgan fingerprint density at radius 3 is 2.67 bits per heavy atom. The highest BCUT2D eigenvalue weighted by molar-refractivity contribution is 14.1. The van der Waals surface area contributed by atoms with Crippen LogP contribution in [0, 0.1) is 10.5 Å². The fraction of sp³-hybridized carbons (Fsp3) is 0.200. The van der Waals surface area contributed by atoms with Gasteiger partial charge in [0.05, 0.1) is 5.56 Å². The molecule has 0 spiro atoms. The highest BCUT2D eigenvalue weighted by Gasteiger charge is 2.12. The maximum Gasteiger partial charge on any atom is 0.322 e. The number of aryl methyl sites for hydroxylation is 1. The Hall–Kier alpha value is -1.11. The second kappa shape index (κ2) is 5.11. The first-order valence-corrected chi connectivity index (χ1v) is 5.35. The van der Waals surface area contributed by atoms with Gasteiger partial charge in [0.15, 0.2) is 0 Å². The number of halogens is 1. The molecule has 0 aliphatic rings. The quantitative estimate of drug-likeness (QED) is 0.828. The van der Waals surface area contributed by atoms with E-state index in [0.29, 0.717) is 5.56 Å². The molecule has 0 heterocycles. The van der Waals surface area contributed by atoms with Crippen molar-refractivity contribution in [3.05, 3.63) is 32.9 Å². The van der Waals surface area contributed by atoms with Gasteiger partial charge in [-0.25, -0.2) is 0 Å². The van der Waals surface area contributed by atoms with Crippen molar-refractivity contribution >= 4 is 34.5 Å². The monoisotopic (exact) mass is 319 g/mol. The minimum absolute atomic E-state index is 0.347. The fourth-order valence-corrected chi connectivity index (χ4v) is 2.04. The Kier molecular flexibility index (Phi) is 4.07. The summed E-state index contributed by atoms with van der Waals surface area (Å²) in [4.78, 5) is 21.9. The van der Waals surface area contributed by atoms with E-state index < -0.39 is 5.97 Å². The topological polar surface area (TPSA) is 66.4 Å². The lowest BCUT2D eigenvalue weighted by Gasteiger charge is -2.07. The summed E-state index contributed by atoms with van der Waals surface area (Å²) in [6.45, 7) is 1.46. The Bertz CT molecular complexity index is 383. The third-order valence-electron chi connectivity index (χ3n) is 1.85. The van der Waals surface area contributed by atoms with Crippen LogP contribution in [0.5, 0.6) is 0 Å². The highest BCUT2D eigenvalue weighted by Crippen LogP contribution is 2.15. The lowest BCUT2D eigenvalue weighted by Crippen LogP contribution is -2.30. The molecule has 1 amide bonds.